The Bertz CT molecular complexity index is 3010. The molecule has 0 aliphatic carbocycles. The van der Waals surface area contributed by atoms with Gasteiger partial charge in [-0.3, -0.25) is 33.7 Å². The highest BCUT2D eigenvalue weighted by atomic mass is 16.6. The lowest BCUT2D eigenvalue weighted by molar-refractivity contribution is -0.137. The number of hydrogen-bond donors (Lipinski definition) is 5. The summed E-state index contributed by atoms with van der Waals surface area (Å²) in [6, 6.07) is 20.2. The SMILES string of the molecule is CC[C@@H]1CN(C(=O)c2cc3c4c(ccc3[nH]2)N(C(=O)c2ccc(NC(=O)[C@H](CCCNC(N)=O)NC(=O)CCCCCN3C(=O)C=CC3=O)cc2)CC4)c2cc(OC(=O)N3CCN(C)CC3)c3ccccc3c21. The minimum absolute atomic E-state index is 0.0687. The van der Waals surface area contributed by atoms with E-state index in [0.717, 1.165) is 68.6 Å². The Hall–Kier alpha value is -8.06. The van der Waals surface area contributed by atoms with E-state index >= 15 is 0 Å². The van der Waals surface area contributed by atoms with Crippen molar-refractivity contribution in [2.24, 2.45) is 5.73 Å². The Morgan fingerprint density at radius 2 is 1.53 bits per heavy atom. The number of amides is 9. The standard InChI is InChI=1S/C54H60N10O9/c1-3-33-32-64(44-31-45(37-10-6-7-11-38(37)49(33)44)73-54(72)61-28-26-60(2)27-29-61)52(70)42-30-39-36-22-25-62(43(36)19-18-40(39)58-42)51(69)34-14-16-35(17-15-34)57-50(68)41(12-9-23-56-53(55)71)59-46(65)13-5-4-8-24-63-47(66)20-21-48(63)67/h6-7,10-11,14-21,30-31,33,41,58H,3-5,8-9,12-13,22-29,32H2,1-2H3,(H,57,68)(H,59,65)(H3,55,56,71)/t33-,41+/m1/s1. The average Bonchev–Trinajstić information content (AvgIpc) is 4.19. The second-order valence-corrected chi connectivity index (χ2v) is 19.0. The molecule has 4 aliphatic heterocycles. The number of nitrogens with two attached hydrogens (primary N) is 1. The van der Waals surface area contributed by atoms with Gasteiger partial charge in [0.2, 0.25) is 11.8 Å². The molecule has 380 valence electrons. The van der Waals surface area contributed by atoms with Gasteiger partial charge in [-0.15, -0.1) is 0 Å². The largest absolute Gasteiger partial charge is 0.415 e. The van der Waals surface area contributed by atoms with E-state index in [1.54, 1.807) is 39.0 Å². The molecule has 19 heteroatoms. The zero-order chi connectivity index (χ0) is 51.3. The normalized spacial score (nSPS) is 16.8. The molecule has 5 aromatic rings. The van der Waals surface area contributed by atoms with Crippen LogP contribution in [0.4, 0.5) is 26.7 Å². The summed E-state index contributed by atoms with van der Waals surface area (Å²) in [5.74, 6) is -1.50. The van der Waals surface area contributed by atoms with E-state index in [9.17, 15) is 38.4 Å². The molecular formula is C54H60N10O9. The van der Waals surface area contributed by atoms with Gasteiger partial charge in [0.1, 0.15) is 17.5 Å². The highest BCUT2D eigenvalue weighted by Gasteiger charge is 2.37. The number of nitrogens with one attached hydrogen (secondary N) is 4. The van der Waals surface area contributed by atoms with Crippen molar-refractivity contribution in [1.29, 1.82) is 0 Å². The molecule has 19 nitrogen and oxygen atoms in total. The van der Waals surface area contributed by atoms with Crippen LogP contribution in [0.2, 0.25) is 0 Å². The molecule has 0 radical (unpaired) electrons. The number of piperazine rings is 1. The second kappa shape index (κ2) is 21.7. The molecule has 5 heterocycles. The number of primary amides is 1. The van der Waals surface area contributed by atoms with Crippen LogP contribution in [0.25, 0.3) is 21.7 Å². The molecule has 1 saturated heterocycles. The third-order valence-corrected chi connectivity index (χ3v) is 14.3. The van der Waals surface area contributed by atoms with Crippen molar-refractivity contribution in [3.63, 3.8) is 0 Å². The Morgan fingerprint density at radius 1 is 0.795 bits per heavy atom. The fourth-order valence-electron chi connectivity index (χ4n) is 10.3. The number of fused-ring (bicyclic) bond motifs is 6. The molecule has 0 bridgehead atoms. The molecule has 1 aromatic heterocycles. The number of rotatable bonds is 17. The Kier molecular flexibility index (Phi) is 14.9. The van der Waals surface area contributed by atoms with Crippen molar-refractivity contribution in [2.45, 2.75) is 70.3 Å². The molecule has 9 rings (SSSR count). The first kappa shape index (κ1) is 49.9. The van der Waals surface area contributed by atoms with Crippen molar-refractivity contribution in [3.05, 3.63) is 107 Å². The number of unbranched alkanes of at least 4 members (excludes halogenated alkanes) is 2. The Morgan fingerprint density at radius 3 is 2.26 bits per heavy atom. The van der Waals surface area contributed by atoms with Gasteiger partial charge in [0.05, 0.1) is 5.69 Å². The summed E-state index contributed by atoms with van der Waals surface area (Å²) < 4.78 is 6.12. The van der Waals surface area contributed by atoms with E-state index < -0.39 is 24.1 Å². The maximum absolute atomic E-state index is 14.6. The number of benzene rings is 4. The quantitative estimate of drug-likeness (QED) is 0.0556. The van der Waals surface area contributed by atoms with Gasteiger partial charge >= 0.3 is 12.1 Å². The van der Waals surface area contributed by atoms with Gasteiger partial charge in [0.15, 0.2) is 0 Å². The van der Waals surface area contributed by atoms with Crippen LogP contribution in [-0.4, -0.2) is 133 Å². The Balaban J connectivity index is 0.853. The third-order valence-electron chi connectivity index (χ3n) is 14.3. The maximum Gasteiger partial charge on any atom is 0.415 e. The number of nitrogens with zero attached hydrogens (tertiary/aromatic N) is 5. The molecule has 4 aromatic carbocycles. The van der Waals surface area contributed by atoms with E-state index in [1.807, 2.05) is 55.6 Å². The summed E-state index contributed by atoms with van der Waals surface area (Å²) in [4.78, 5) is 115. The van der Waals surface area contributed by atoms with Crippen LogP contribution in [0.5, 0.6) is 5.75 Å². The summed E-state index contributed by atoms with van der Waals surface area (Å²) in [6.07, 6.45) is 5.71. The van der Waals surface area contributed by atoms with Crippen molar-refractivity contribution in [3.8, 4) is 5.75 Å². The van der Waals surface area contributed by atoms with E-state index in [4.69, 9.17) is 10.5 Å². The third kappa shape index (κ3) is 10.8. The van der Waals surface area contributed by atoms with Gasteiger partial charge in [-0.2, -0.15) is 0 Å². The average molecular weight is 993 g/mol. The number of likely N-dealkylation sites (N-methyl/N-ethyl adjacent to an activating group) is 1. The van der Waals surface area contributed by atoms with Crippen LogP contribution in [0.3, 0.4) is 0 Å². The number of ether oxygens (including phenoxy) is 1. The first-order valence-corrected chi connectivity index (χ1v) is 25.0. The number of urea groups is 1. The van der Waals surface area contributed by atoms with Crippen molar-refractivity contribution >= 4 is 86.3 Å². The van der Waals surface area contributed by atoms with Crippen molar-refractivity contribution in [2.75, 3.05) is 74.5 Å². The number of H-pyrrole nitrogens is 1. The van der Waals surface area contributed by atoms with E-state index in [0.29, 0.717) is 81.0 Å². The molecule has 0 unspecified atom stereocenters. The molecule has 1 fully saturated rings. The van der Waals surface area contributed by atoms with Crippen LogP contribution in [0.1, 0.15) is 89.8 Å². The topological polar surface area (TPSA) is 240 Å². The van der Waals surface area contributed by atoms with Gasteiger partial charge in [0.25, 0.3) is 23.6 Å². The van der Waals surface area contributed by atoms with Crippen LogP contribution in [0, 0.1) is 0 Å². The molecule has 4 aliphatic rings. The fraction of sp³-hybridized carbons (Fsp3) is 0.370. The smallest absolute Gasteiger partial charge is 0.409 e. The summed E-state index contributed by atoms with van der Waals surface area (Å²) in [5.41, 5.74) is 10.6. The van der Waals surface area contributed by atoms with E-state index in [2.05, 4.69) is 32.8 Å². The lowest BCUT2D eigenvalue weighted by atomic mass is 9.93. The molecule has 2 atom stereocenters. The van der Waals surface area contributed by atoms with Crippen LogP contribution < -0.4 is 36.2 Å². The van der Waals surface area contributed by atoms with Gasteiger partial charge in [-0.1, -0.05) is 37.6 Å². The number of aromatic amines is 1. The molecular weight excluding hydrogens is 933 g/mol. The molecule has 0 spiro atoms. The van der Waals surface area contributed by atoms with Crippen molar-refractivity contribution < 1.29 is 43.1 Å². The van der Waals surface area contributed by atoms with Gasteiger partial charge in [0, 0.05) is 116 Å². The number of anilines is 3. The number of carbonyl (C=O) groups excluding carboxylic acids is 8. The first-order valence-electron chi connectivity index (χ1n) is 25.0. The molecule has 9 amide bonds. The zero-order valence-electron chi connectivity index (χ0n) is 41.0. The van der Waals surface area contributed by atoms with Crippen LogP contribution >= 0.6 is 0 Å². The van der Waals surface area contributed by atoms with Crippen LogP contribution in [0.15, 0.2) is 84.9 Å². The first-order chi connectivity index (χ1) is 35.3. The van der Waals surface area contributed by atoms with Gasteiger partial charge in [-0.25, -0.2) is 9.59 Å². The number of imide groups is 1. The lowest BCUT2D eigenvalue weighted by Crippen LogP contribution is -2.48. The fourth-order valence-corrected chi connectivity index (χ4v) is 10.3. The Labute approximate surface area is 422 Å². The minimum atomic E-state index is -0.937. The van der Waals surface area contributed by atoms with Crippen molar-refractivity contribution in [1.82, 2.24) is 30.3 Å². The summed E-state index contributed by atoms with van der Waals surface area (Å²) in [7, 11) is 2.03. The van der Waals surface area contributed by atoms with E-state index in [1.165, 1.54) is 12.2 Å². The van der Waals surface area contributed by atoms with Gasteiger partial charge in [-0.05, 0) is 105 Å². The molecule has 0 saturated carbocycles. The second-order valence-electron chi connectivity index (χ2n) is 19.0. The minimum Gasteiger partial charge on any atom is -0.409 e. The number of carbonyl (C=O) groups is 8. The lowest BCUT2D eigenvalue weighted by Gasteiger charge is -2.31. The number of hydrogen-bond acceptors (Lipinski definition) is 10. The maximum atomic E-state index is 14.6. The van der Waals surface area contributed by atoms with Crippen LogP contribution in [-0.2, 0) is 25.6 Å². The summed E-state index contributed by atoms with van der Waals surface area (Å²) >= 11 is 0. The summed E-state index contributed by atoms with van der Waals surface area (Å²) in [6.45, 7) is 6.12. The number of aromatic nitrogens is 1. The summed E-state index contributed by atoms with van der Waals surface area (Å²) in [5, 5.41) is 10.7. The predicted molar refractivity (Wildman–Crippen MR) is 276 cm³/mol. The monoisotopic (exact) mass is 992 g/mol. The highest BCUT2D eigenvalue weighted by Crippen LogP contribution is 2.47. The van der Waals surface area contributed by atoms with Gasteiger partial charge < -0.3 is 51.0 Å². The highest BCUT2D eigenvalue weighted by molar-refractivity contribution is 6.14. The molecule has 73 heavy (non-hydrogen) atoms. The molecule has 6 N–H and O–H groups in total. The van der Waals surface area contributed by atoms with E-state index in [-0.39, 0.29) is 61.4 Å². The zero-order valence-corrected chi connectivity index (χ0v) is 41.0. The predicted octanol–water partition coefficient (Wildman–Crippen LogP) is 5.78.